The van der Waals surface area contributed by atoms with Gasteiger partial charge in [0.1, 0.15) is 5.75 Å². The SMILES string of the molecule is Cl.NC1(C(=O)Nc2ccc(OCC(=O)N3CCOCC3)cc2)CCCC1. The molecule has 1 aliphatic heterocycles. The summed E-state index contributed by atoms with van der Waals surface area (Å²) in [6.07, 6.45) is 3.44. The second-order valence-corrected chi connectivity index (χ2v) is 6.62. The molecule has 0 aromatic heterocycles. The second kappa shape index (κ2) is 9.21. The minimum Gasteiger partial charge on any atom is -0.484 e. The minimum atomic E-state index is -0.750. The number of benzene rings is 1. The Labute approximate surface area is 159 Å². The van der Waals surface area contributed by atoms with Gasteiger partial charge >= 0.3 is 0 Å². The quantitative estimate of drug-likeness (QED) is 0.804. The van der Waals surface area contributed by atoms with Crippen molar-refractivity contribution in [1.29, 1.82) is 0 Å². The van der Waals surface area contributed by atoms with Gasteiger partial charge in [0.2, 0.25) is 5.91 Å². The largest absolute Gasteiger partial charge is 0.484 e. The molecule has 7 nitrogen and oxygen atoms in total. The van der Waals surface area contributed by atoms with Crippen molar-refractivity contribution in [3.8, 4) is 5.75 Å². The first-order valence-electron chi connectivity index (χ1n) is 8.76. The maximum atomic E-state index is 12.3. The number of carbonyl (C=O) groups is 2. The van der Waals surface area contributed by atoms with E-state index in [1.807, 2.05) is 0 Å². The molecule has 3 N–H and O–H groups in total. The molecule has 1 heterocycles. The normalized spacial score (nSPS) is 18.7. The molecule has 0 atom stereocenters. The molecule has 0 unspecified atom stereocenters. The molecule has 26 heavy (non-hydrogen) atoms. The van der Waals surface area contributed by atoms with E-state index in [1.165, 1.54) is 0 Å². The van der Waals surface area contributed by atoms with Gasteiger partial charge in [-0.1, -0.05) is 12.8 Å². The van der Waals surface area contributed by atoms with Crippen LogP contribution in [0.2, 0.25) is 0 Å². The predicted molar refractivity (Wildman–Crippen MR) is 101 cm³/mol. The Balaban J connectivity index is 0.00000243. The number of halogens is 1. The van der Waals surface area contributed by atoms with Crippen LogP contribution in [0.25, 0.3) is 0 Å². The molecule has 0 bridgehead atoms. The third-order valence-corrected chi connectivity index (χ3v) is 4.79. The zero-order chi connectivity index (χ0) is 17.7. The van der Waals surface area contributed by atoms with Crippen LogP contribution >= 0.6 is 12.4 Å². The molecule has 1 saturated carbocycles. The fourth-order valence-electron chi connectivity index (χ4n) is 3.17. The molecule has 2 amide bonds. The van der Waals surface area contributed by atoms with E-state index in [0.29, 0.717) is 37.7 Å². The van der Waals surface area contributed by atoms with E-state index in [-0.39, 0.29) is 30.8 Å². The van der Waals surface area contributed by atoms with Crippen LogP contribution in [0.15, 0.2) is 24.3 Å². The van der Waals surface area contributed by atoms with Crippen LogP contribution in [0.1, 0.15) is 25.7 Å². The summed E-state index contributed by atoms with van der Waals surface area (Å²) in [6, 6.07) is 6.98. The molecule has 1 aliphatic carbocycles. The van der Waals surface area contributed by atoms with Crippen LogP contribution in [0.3, 0.4) is 0 Å². The van der Waals surface area contributed by atoms with Crippen LogP contribution in [-0.4, -0.2) is 55.2 Å². The van der Waals surface area contributed by atoms with Crippen LogP contribution in [-0.2, 0) is 14.3 Å². The number of morpholine rings is 1. The van der Waals surface area contributed by atoms with Gasteiger partial charge in [-0.15, -0.1) is 12.4 Å². The van der Waals surface area contributed by atoms with Gasteiger partial charge in [-0.2, -0.15) is 0 Å². The Kier molecular flexibility index (Phi) is 7.25. The Morgan fingerprint density at radius 2 is 1.77 bits per heavy atom. The highest BCUT2D eigenvalue weighted by molar-refractivity contribution is 5.98. The van der Waals surface area contributed by atoms with Crippen LogP contribution in [0.4, 0.5) is 5.69 Å². The molecular formula is C18H26ClN3O4. The molecule has 2 fully saturated rings. The van der Waals surface area contributed by atoms with Crippen molar-refractivity contribution in [3.05, 3.63) is 24.3 Å². The van der Waals surface area contributed by atoms with E-state index in [2.05, 4.69) is 5.32 Å². The summed E-state index contributed by atoms with van der Waals surface area (Å²) < 4.78 is 10.8. The molecule has 1 aromatic carbocycles. The fourth-order valence-corrected chi connectivity index (χ4v) is 3.17. The van der Waals surface area contributed by atoms with Gasteiger partial charge in [-0.05, 0) is 37.1 Å². The molecule has 3 rings (SSSR count). The lowest BCUT2D eigenvalue weighted by Gasteiger charge is -2.26. The predicted octanol–water partition coefficient (Wildman–Crippen LogP) is 1.56. The van der Waals surface area contributed by atoms with Gasteiger partial charge in [0.05, 0.1) is 18.8 Å². The van der Waals surface area contributed by atoms with Crippen LogP contribution in [0, 0.1) is 0 Å². The summed E-state index contributed by atoms with van der Waals surface area (Å²) >= 11 is 0. The van der Waals surface area contributed by atoms with Gasteiger partial charge in [-0.25, -0.2) is 0 Å². The molecule has 0 spiro atoms. The van der Waals surface area contributed by atoms with Gasteiger partial charge in [0.15, 0.2) is 6.61 Å². The Morgan fingerprint density at radius 1 is 1.15 bits per heavy atom. The lowest BCUT2D eigenvalue weighted by Crippen LogP contribution is -2.48. The summed E-state index contributed by atoms with van der Waals surface area (Å²) in [6.45, 7) is 2.35. The summed E-state index contributed by atoms with van der Waals surface area (Å²) in [5.74, 6) is 0.399. The zero-order valence-electron chi connectivity index (χ0n) is 14.7. The standard InChI is InChI=1S/C18H25N3O4.ClH/c19-18(7-1-2-8-18)17(23)20-14-3-5-15(6-4-14)25-13-16(22)21-9-11-24-12-10-21;/h3-6H,1-2,7-13,19H2,(H,20,23);1H. The van der Waals surface area contributed by atoms with Gasteiger partial charge in [-0.3, -0.25) is 9.59 Å². The van der Waals surface area contributed by atoms with Crippen molar-refractivity contribution in [1.82, 2.24) is 4.90 Å². The van der Waals surface area contributed by atoms with E-state index in [1.54, 1.807) is 29.2 Å². The number of nitrogens with one attached hydrogen (secondary N) is 1. The van der Waals surface area contributed by atoms with E-state index in [4.69, 9.17) is 15.2 Å². The number of ether oxygens (including phenoxy) is 2. The Bertz CT molecular complexity index is 611. The van der Waals surface area contributed by atoms with E-state index in [9.17, 15) is 9.59 Å². The first-order chi connectivity index (χ1) is 12.1. The Morgan fingerprint density at radius 3 is 2.38 bits per heavy atom. The average molecular weight is 384 g/mol. The van der Waals surface area contributed by atoms with Crippen molar-refractivity contribution in [2.45, 2.75) is 31.2 Å². The topological polar surface area (TPSA) is 93.9 Å². The minimum absolute atomic E-state index is 0. The molecule has 1 aromatic rings. The smallest absolute Gasteiger partial charge is 0.260 e. The molecular weight excluding hydrogens is 358 g/mol. The van der Waals surface area contributed by atoms with Crippen molar-refractivity contribution in [3.63, 3.8) is 0 Å². The lowest BCUT2D eigenvalue weighted by atomic mass is 9.98. The highest BCUT2D eigenvalue weighted by Gasteiger charge is 2.36. The van der Waals surface area contributed by atoms with Gasteiger partial charge in [0, 0.05) is 18.8 Å². The zero-order valence-corrected chi connectivity index (χ0v) is 15.6. The van der Waals surface area contributed by atoms with E-state index < -0.39 is 5.54 Å². The first-order valence-corrected chi connectivity index (χ1v) is 8.76. The number of hydrogen-bond donors (Lipinski definition) is 2. The number of amides is 2. The lowest BCUT2D eigenvalue weighted by molar-refractivity contribution is -0.137. The molecule has 2 aliphatic rings. The van der Waals surface area contributed by atoms with Crippen molar-refractivity contribution >= 4 is 29.9 Å². The third kappa shape index (κ3) is 5.09. The van der Waals surface area contributed by atoms with Crippen LogP contribution < -0.4 is 15.8 Å². The van der Waals surface area contributed by atoms with Gasteiger partial charge < -0.3 is 25.4 Å². The third-order valence-electron chi connectivity index (χ3n) is 4.79. The number of hydrogen-bond acceptors (Lipinski definition) is 5. The summed E-state index contributed by atoms with van der Waals surface area (Å²) in [5, 5.41) is 2.86. The number of nitrogens with two attached hydrogens (primary N) is 1. The number of rotatable bonds is 5. The highest BCUT2D eigenvalue weighted by atomic mass is 35.5. The van der Waals surface area contributed by atoms with Crippen molar-refractivity contribution in [2.24, 2.45) is 5.73 Å². The Hall–Kier alpha value is -1.83. The molecule has 8 heteroatoms. The molecule has 0 radical (unpaired) electrons. The highest BCUT2D eigenvalue weighted by Crippen LogP contribution is 2.28. The van der Waals surface area contributed by atoms with E-state index in [0.717, 1.165) is 25.7 Å². The number of carbonyl (C=O) groups excluding carboxylic acids is 2. The maximum absolute atomic E-state index is 12.3. The number of anilines is 1. The maximum Gasteiger partial charge on any atom is 0.260 e. The summed E-state index contributed by atoms with van der Waals surface area (Å²) in [4.78, 5) is 26.1. The fraction of sp³-hybridized carbons (Fsp3) is 0.556. The monoisotopic (exact) mass is 383 g/mol. The summed E-state index contributed by atoms with van der Waals surface area (Å²) in [5.41, 5.74) is 6.07. The van der Waals surface area contributed by atoms with E-state index >= 15 is 0 Å². The average Bonchev–Trinajstić information content (AvgIpc) is 3.09. The van der Waals surface area contributed by atoms with Crippen molar-refractivity contribution in [2.75, 3.05) is 38.2 Å². The first kappa shape index (κ1) is 20.5. The van der Waals surface area contributed by atoms with Gasteiger partial charge in [0.25, 0.3) is 5.91 Å². The molecule has 144 valence electrons. The molecule has 1 saturated heterocycles. The van der Waals surface area contributed by atoms with Crippen LogP contribution in [0.5, 0.6) is 5.75 Å². The summed E-state index contributed by atoms with van der Waals surface area (Å²) in [7, 11) is 0. The number of nitrogens with zero attached hydrogens (tertiary/aromatic N) is 1. The second-order valence-electron chi connectivity index (χ2n) is 6.62. The van der Waals surface area contributed by atoms with Crippen molar-refractivity contribution < 1.29 is 19.1 Å².